The van der Waals surface area contributed by atoms with Crippen molar-refractivity contribution in [3.63, 3.8) is 0 Å². The van der Waals surface area contributed by atoms with Crippen LogP contribution in [0, 0.1) is 6.92 Å². The van der Waals surface area contributed by atoms with Gasteiger partial charge in [-0.2, -0.15) is 0 Å². The number of likely N-dealkylation sites (tertiary alicyclic amines) is 1. The van der Waals surface area contributed by atoms with E-state index < -0.39 is 29.0 Å². The number of aliphatic hydroxyl groups is 2. The Morgan fingerprint density at radius 3 is 2.74 bits per heavy atom. The molecule has 0 bridgehead atoms. The van der Waals surface area contributed by atoms with E-state index in [4.69, 9.17) is 0 Å². The van der Waals surface area contributed by atoms with Crippen molar-refractivity contribution in [1.82, 2.24) is 24.0 Å². The van der Waals surface area contributed by atoms with Gasteiger partial charge in [0.05, 0.1) is 28.8 Å². The third-order valence-electron chi connectivity index (χ3n) is 6.53. The number of hydrogen-bond donors (Lipinski definition) is 3. The number of aryl methyl sites for hydroxylation is 2. The van der Waals surface area contributed by atoms with E-state index in [2.05, 4.69) is 9.97 Å². The molecule has 3 atom stereocenters. The van der Waals surface area contributed by atoms with E-state index in [1.807, 2.05) is 35.8 Å². The van der Waals surface area contributed by atoms with Crippen LogP contribution in [-0.2, 0) is 17.8 Å². The van der Waals surface area contributed by atoms with Crippen LogP contribution in [0.2, 0.25) is 0 Å². The molecule has 1 saturated heterocycles. The number of aliphatic hydroxyl groups excluding tert-OH is 1. The largest absolute Gasteiger partial charge is 0.391 e. The molecule has 4 rings (SSSR count). The van der Waals surface area contributed by atoms with E-state index in [1.54, 1.807) is 6.92 Å². The first kappa shape index (κ1) is 23.9. The van der Waals surface area contributed by atoms with Crippen molar-refractivity contribution < 1.29 is 15.0 Å². The molecule has 0 unspecified atom stereocenters. The zero-order chi connectivity index (χ0) is 24.6. The van der Waals surface area contributed by atoms with Gasteiger partial charge in [0, 0.05) is 37.7 Å². The highest BCUT2D eigenvalue weighted by Crippen LogP contribution is 2.31. The normalized spacial score (nSPS) is 23.3. The number of benzene rings is 1. The van der Waals surface area contributed by atoms with Crippen LogP contribution in [0.25, 0.3) is 11.0 Å². The molecule has 1 aliphatic heterocycles. The van der Waals surface area contributed by atoms with Gasteiger partial charge in [0.2, 0.25) is 5.91 Å². The molecule has 1 aromatic carbocycles. The number of carbonyl (C=O) groups excluding carboxylic acids is 1. The van der Waals surface area contributed by atoms with Gasteiger partial charge in [-0.3, -0.25) is 19.1 Å². The van der Waals surface area contributed by atoms with Gasteiger partial charge in [0.1, 0.15) is 12.4 Å². The lowest BCUT2D eigenvalue weighted by molar-refractivity contribution is -0.133. The minimum absolute atomic E-state index is 0.00399. The van der Waals surface area contributed by atoms with Crippen molar-refractivity contribution in [3.8, 4) is 0 Å². The van der Waals surface area contributed by atoms with Crippen LogP contribution >= 0.6 is 0 Å². The van der Waals surface area contributed by atoms with E-state index in [9.17, 15) is 24.6 Å². The van der Waals surface area contributed by atoms with Crippen molar-refractivity contribution in [2.75, 3.05) is 13.1 Å². The fourth-order valence-corrected chi connectivity index (χ4v) is 4.77. The Hall–Kier alpha value is -3.24. The molecule has 34 heavy (non-hydrogen) atoms. The Morgan fingerprint density at radius 1 is 1.26 bits per heavy atom. The second-order valence-corrected chi connectivity index (χ2v) is 9.36. The highest BCUT2D eigenvalue weighted by Gasteiger charge is 2.42. The third kappa shape index (κ3) is 4.55. The highest BCUT2D eigenvalue weighted by atomic mass is 16.3. The number of para-hydroxylation sites is 2. The lowest BCUT2D eigenvalue weighted by atomic mass is 9.91. The number of hydrogen-bond acceptors (Lipinski definition) is 6. The molecule has 182 valence electrons. The zero-order valence-corrected chi connectivity index (χ0v) is 19.7. The first-order chi connectivity index (χ1) is 16.1. The predicted octanol–water partition coefficient (Wildman–Crippen LogP) is 0.733. The molecule has 10 heteroatoms. The number of rotatable bonds is 5. The quantitative estimate of drug-likeness (QED) is 0.505. The lowest BCUT2D eigenvalue weighted by Gasteiger charge is -2.34. The van der Waals surface area contributed by atoms with Crippen LogP contribution in [0.4, 0.5) is 0 Å². The van der Waals surface area contributed by atoms with Gasteiger partial charge in [0.25, 0.3) is 5.56 Å². The minimum atomic E-state index is -1.49. The highest BCUT2D eigenvalue weighted by molar-refractivity contribution is 5.81. The molecular formula is C24H31N5O5. The summed E-state index contributed by atoms with van der Waals surface area (Å²) in [6.07, 6.45) is 1.98. The number of fused-ring (bicyclic) bond motifs is 1. The molecule has 0 radical (unpaired) electrons. The van der Waals surface area contributed by atoms with Gasteiger partial charge in [-0.1, -0.05) is 19.1 Å². The number of nitrogens with zero attached hydrogens (tertiary/aromatic N) is 4. The summed E-state index contributed by atoms with van der Waals surface area (Å²) in [5.41, 5.74) is -0.685. The molecule has 0 saturated carbocycles. The second kappa shape index (κ2) is 9.19. The van der Waals surface area contributed by atoms with Crippen LogP contribution in [0.5, 0.6) is 0 Å². The van der Waals surface area contributed by atoms with E-state index in [0.29, 0.717) is 12.0 Å². The number of nitrogens with one attached hydrogen (secondary N) is 1. The standard InChI is InChI=1S/C24H31N5O5/c1-4-7-20-25-17-8-5-6-9-18(17)28(20)14-21(31)27-12-16(30)10-24(3,34)19(13-27)29-11-15(2)22(32)26-23(29)33/h5-6,8-9,11,16,19,30,34H,4,7,10,12-14H2,1-3H3,(H,26,32,33)/t16-,19+,24+/m1/s1. The molecule has 1 aliphatic rings. The van der Waals surface area contributed by atoms with Gasteiger partial charge in [0.15, 0.2) is 0 Å². The Morgan fingerprint density at radius 2 is 2.00 bits per heavy atom. The topological polar surface area (TPSA) is 133 Å². The first-order valence-corrected chi connectivity index (χ1v) is 11.5. The molecule has 1 amide bonds. The zero-order valence-electron chi connectivity index (χ0n) is 19.7. The fourth-order valence-electron chi connectivity index (χ4n) is 4.77. The smallest absolute Gasteiger partial charge is 0.328 e. The fraction of sp³-hybridized carbons (Fsp3) is 0.500. The van der Waals surface area contributed by atoms with Gasteiger partial charge in [-0.15, -0.1) is 0 Å². The summed E-state index contributed by atoms with van der Waals surface area (Å²) in [4.78, 5) is 46.3. The second-order valence-electron chi connectivity index (χ2n) is 9.36. The summed E-state index contributed by atoms with van der Waals surface area (Å²) in [6.45, 7) is 5.20. The summed E-state index contributed by atoms with van der Waals surface area (Å²) < 4.78 is 3.14. The number of imidazole rings is 1. The lowest BCUT2D eigenvalue weighted by Crippen LogP contribution is -2.48. The molecule has 3 aromatic rings. The van der Waals surface area contributed by atoms with E-state index in [-0.39, 0.29) is 32.0 Å². The molecule has 1 fully saturated rings. The first-order valence-electron chi connectivity index (χ1n) is 11.5. The molecule has 0 aliphatic carbocycles. The van der Waals surface area contributed by atoms with Gasteiger partial charge >= 0.3 is 5.69 Å². The van der Waals surface area contributed by atoms with E-state index >= 15 is 0 Å². The molecule has 3 N–H and O–H groups in total. The number of H-pyrrole nitrogens is 1. The maximum atomic E-state index is 13.5. The van der Waals surface area contributed by atoms with Crippen LogP contribution in [-0.4, -0.2) is 64.9 Å². The van der Waals surface area contributed by atoms with Crippen molar-refractivity contribution >= 4 is 16.9 Å². The van der Waals surface area contributed by atoms with Crippen molar-refractivity contribution in [2.45, 2.75) is 64.3 Å². The van der Waals surface area contributed by atoms with Gasteiger partial charge in [-0.05, 0) is 32.4 Å². The number of amides is 1. The minimum Gasteiger partial charge on any atom is -0.391 e. The number of aromatic amines is 1. The summed E-state index contributed by atoms with van der Waals surface area (Å²) in [7, 11) is 0. The molecule has 10 nitrogen and oxygen atoms in total. The van der Waals surface area contributed by atoms with Crippen LogP contribution in [0.1, 0.15) is 44.1 Å². The maximum Gasteiger partial charge on any atom is 0.328 e. The maximum absolute atomic E-state index is 13.5. The van der Waals surface area contributed by atoms with Gasteiger partial charge in [-0.25, -0.2) is 9.78 Å². The van der Waals surface area contributed by atoms with E-state index in [1.165, 1.54) is 22.6 Å². The molecule has 3 heterocycles. The van der Waals surface area contributed by atoms with E-state index in [0.717, 1.165) is 23.3 Å². The average Bonchev–Trinajstić information content (AvgIpc) is 3.04. The Kier molecular flexibility index (Phi) is 6.46. The molecule has 0 spiro atoms. The third-order valence-corrected chi connectivity index (χ3v) is 6.53. The SMILES string of the molecule is CCCc1nc2ccccc2n1CC(=O)N1C[C@H](O)C[C@](C)(O)[C@@H](n2cc(C)c(=O)[nH]c2=O)C1. The van der Waals surface area contributed by atoms with Crippen LogP contribution in [0.15, 0.2) is 40.1 Å². The number of carbonyl (C=O) groups is 1. The Labute approximate surface area is 196 Å². The van der Waals surface area contributed by atoms with Crippen LogP contribution < -0.4 is 11.2 Å². The Bertz CT molecular complexity index is 1320. The average molecular weight is 470 g/mol. The predicted molar refractivity (Wildman–Crippen MR) is 127 cm³/mol. The summed E-state index contributed by atoms with van der Waals surface area (Å²) in [5.74, 6) is 0.555. The molecular weight excluding hydrogens is 438 g/mol. The van der Waals surface area contributed by atoms with Gasteiger partial charge < -0.3 is 19.7 Å². The monoisotopic (exact) mass is 469 g/mol. The number of aromatic nitrogens is 4. The van der Waals surface area contributed by atoms with Crippen molar-refractivity contribution in [2.24, 2.45) is 0 Å². The summed E-state index contributed by atoms with van der Waals surface area (Å²) in [6, 6.07) is 6.77. The van der Waals surface area contributed by atoms with Crippen molar-refractivity contribution in [3.05, 3.63) is 62.7 Å². The van der Waals surface area contributed by atoms with Crippen molar-refractivity contribution in [1.29, 1.82) is 0 Å². The summed E-state index contributed by atoms with van der Waals surface area (Å²) in [5, 5.41) is 21.8. The Balaban J connectivity index is 1.69. The summed E-state index contributed by atoms with van der Waals surface area (Å²) >= 11 is 0. The molecule has 2 aromatic heterocycles. The van der Waals surface area contributed by atoms with Crippen LogP contribution in [0.3, 0.4) is 0 Å². The number of β-amino-alcohol motifs (C(OH)–C–C–N with tert-alkyl or cyclic N) is 1.